The fourth-order valence-electron chi connectivity index (χ4n) is 2.31. The number of carbonyl (C=O) groups excluding carboxylic acids is 2. The monoisotopic (exact) mass is 802 g/mol. The molecule has 0 unspecified atom stereocenters. The first-order valence-electron chi connectivity index (χ1n) is 11.5. The summed E-state index contributed by atoms with van der Waals surface area (Å²) in [5, 5.41) is 7.04. The van der Waals surface area contributed by atoms with Gasteiger partial charge in [0.25, 0.3) is 0 Å². The number of unbranched alkanes of at least 4 members (excludes halogenated alkanes) is 2. The van der Waals surface area contributed by atoms with Gasteiger partial charge >= 0.3 is 90.3 Å². The Morgan fingerprint density at radius 1 is 0.638 bits per heavy atom. The number of alkyl halides is 12. The van der Waals surface area contributed by atoms with Crippen LogP contribution in [-0.4, -0.2) is 115 Å². The number of aliphatic hydroxyl groups is 1. The molecule has 0 aliphatic rings. The van der Waals surface area contributed by atoms with Crippen molar-refractivity contribution in [3.05, 3.63) is 0 Å². The van der Waals surface area contributed by atoms with Crippen LogP contribution in [0, 0.1) is 0 Å². The van der Waals surface area contributed by atoms with Gasteiger partial charge in [-0.3, -0.25) is 9.59 Å². The summed E-state index contributed by atoms with van der Waals surface area (Å²) in [5.41, 5.74) is 0. The van der Waals surface area contributed by atoms with E-state index in [-0.39, 0.29) is 78.4 Å². The molecule has 1 N–H and O–H groups in total. The molecule has 0 radical (unpaired) electrons. The van der Waals surface area contributed by atoms with Gasteiger partial charge in [0.1, 0.15) is 6.61 Å². The second-order valence-electron chi connectivity index (χ2n) is 7.91. The van der Waals surface area contributed by atoms with E-state index in [0.717, 1.165) is 0 Å². The number of ether oxygens (including phenoxy) is 1. The van der Waals surface area contributed by atoms with Crippen LogP contribution in [0.15, 0.2) is 0 Å². The van der Waals surface area contributed by atoms with Crippen LogP contribution in [0.4, 0.5) is 52.7 Å². The Labute approximate surface area is 309 Å². The minimum Gasteiger partial charge on any atom is -0.748 e. The van der Waals surface area contributed by atoms with Crippen molar-refractivity contribution < 1.29 is 157 Å². The van der Waals surface area contributed by atoms with E-state index in [9.17, 15) is 88.2 Å². The predicted molar refractivity (Wildman–Crippen MR) is 123 cm³/mol. The Balaban J connectivity index is -0.000000206. The topological polar surface area (TPSA) is 184 Å². The molecule has 0 heterocycles. The Bertz CT molecular complexity index is 1070. The van der Waals surface area contributed by atoms with Crippen LogP contribution in [0.2, 0.25) is 0 Å². The van der Waals surface area contributed by atoms with Crippen molar-refractivity contribution in [2.45, 2.75) is 63.7 Å². The second kappa shape index (κ2) is 25.3. The zero-order valence-electron chi connectivity index (χ0n) is 24.2. The molecule has 0 saturated heterocycles. The average molecular weight is 803 g/mol. The van der Waals surface area contributed by atoms with E-state index in [2.05, 4.69) is 4.74 Å². The molecule has 47 heavy (non-hydrogen) atoms. The standard InChI is InChI=1S/C9H13F6NO5S.C7H8ClF6NO.C2H6O4S.2Na/c10-8(11,12)16(9(13,14)15)4-2-1-3-7(17)21-5-6-22(18,19)20;8-5(16)3-1-2-4-15(6(9,10)11)7(12,13)14;3-1-2-7(4,5)6;;/h1-6H2,(H,18,19,20);1-4H2;3H,1-2H2,(H,4,5,6);;/q;;;2*+1/p-2. The van der Waals surface area contributed by atoms with Gasteiger partial charge in [-0.15, -0.1) is 9.80 Å². The Morgan fingerprint density at radius 2 is 0.957 bits per heavy atom. The summed E-state index contributed by atoms with van der Waals surface area (Å²) < 4.78 is 207. The van der Waals surface area contributed by atoms with E-state index in [0.29, 0.717) is 0 Å². The maximum absolute atomic E-state index is 12.1. The minimum atomic E-state index is -5.58. The van der Waals surface area contributed by atoms with Crippen LogP contribution in [0.25, 0.3) is 0 Å². The van der Waals surface area contributed by atoms with E-state index in [1.165, 1.54) is 0 Å². The number of aliphatic hydroxyl groups excluding tert-OH is 1. The van der Waals surface area contributed by atoms with Crippen molar-refractivity contribution in [3.8, 4) is 0 Å². The van der Waals surface area contributed by atoms with Gasteiger partial charge in [-0.25, -0.2) is 16.8 Å². The summed E-state index contributed by atoms with van der Waals surface area (Å²) in [4.78, 5) is 18.0. The van der Waals surface area contributed by atoms with E-state index in [1.54, 1.807) is 0 Å². The van der Waals surface area contributed by atoms with Crippen molar-refractivity contribution in [2.75, 3.05) is 37.8 Å². The van der Waals surface area contributed by atoms with Crippen molar-refractivity contribution in [3.63, 3.8) is 0 Å². The smallest absolute Gasteiger partial charge is 0.748 e. The van der Waals surface area contributed by atoms with Crippen LogP contribution >= 0.6 is 11.6 Å². The second-order valence-corrected chi connectivity index (χ2v) is 11.4. The average Bonchev–Trinajstić information content (AvgIpc) is 2.74. The van der Waals surface area contributed by atoms with Crippen molar-refractivity contribution >= 4 is 43.0 Å². The van der Waals surface area contributed by atoms with Crippen molar-refractivity contribution in [1.29, 1.82) is 0 Å². The molecular formula is C18H25ClF12N2Na2O10S2. The number of hydrogen-bond acceptors (Lipinski definition) is 12. The summed E-state index contributed by atoms with van der Waals surface area (Å²) >= 11 is 4.88. The van der Waals surface area contributed by atoms with E-state index < -0.39 is 124 Å². The molecule has 0 aromatic carbocycles. The predicted octanol–water partition coefficient (Wildman–Crippen LogP) is -2.62. The first kappa shape index (κ1) is 56.7. The summed E-state index contributed by atoms with van der Waals surface area (Å²) in [5.74, 6) is -2.67. The largest absolute Gasteiger partial charge is 1.00 e. The van der Waals surface area contributed by atoms with E-state index in [1.807, 2.05) is 0 Å². The Kier molecular flexibility index (Phi) is 30.5. The van der Waals surface area contributed by atoms with Gasteiger partial charge in [-0.05, 0) is 37.3 Å². The van der Waals surface area contributed by atoms with Gasteiger partial charge in [0.05, 0.1) is 38.3 Å². The number of carbonyl (C=O) groups is 2. The SMILES string of the molecule is O=C(CCCCN(C(F)(F)F)C(F)(F)F)OCCS(=O)(=O)[O-].O=C(Cl)CCCCN(C(F)(F)F)C(F)(F)F.O=S(=O)([O-])CCO.[Na+].[Na+]. The van der Waals surface area contributed by atoms with Gasteiger partial charge < -0.3 is 18.9 Å². The molecule has 0 aliphatic carbocycles. The third kappa shape index (κ3) is 37.4. The summed E-state index contributed by atoms with van der Waals surface area (Å²) in [7, 11) is -8.75. The third-order valence-corrected chi connectivity index (χ3v) is 5.72. The molecule has 0 aromatic rings. The molecule has 0 aromatic heterocycles. The fraction of sp³-hybridized carbons (Fsp3) is 0.889. The van der Waals surface area contributed by atoms with Gasteiger partial charge in [0.2, 0.25) is 5.24 Å². The van der Waals surface area contributed by atoms with Crippen LogP contribution in [0.3, 0.4) is 0 Å². The van der Waals surface area contributed by atoms with Crippen molar-refractivity contribution in [2.24, 2.45) is 0 Å². The number of halogens is 13. The van der Waals surface area contributed by atoms with Crippen molar-refractivity contribution in [1.82, 2.24) is 9.80 Å². The van der Waals surface area contributed by atoms with Crippen LogP contribution in [-0.2, 0) is 34.6 Å². The first-order valence-corrected chi connectivity index (χ1v) is 15.0. The molecule has 0 aliphatic heterocycles. The maximum Gasteiger partial charge on any atom is 1.00 e. The molecule has 0 atom stereocenters. The van der Waals surface area contributed by atoms with Gasteiger partial charge in [0.15, 0.2) is 0 Å². The molecular weight excluding hydrogens is 778 g/mol. The Morgan fingerprint density at radius 3 is 1.19 bits per heavy atom. The van der Waals surface area contributed by atoms with Gasteiger partial charge in [0, 0.05) is 25.9 Å². The van der Waals surface area contributed by atoms with Crippen LogP contribution < -0.4 is 59.1 Å². The molecule has 0 saturated carbocycles. The summed E-state index contributed by atoms with van der Waals surface area (Å²) in [6, 6.07) is 0. The summed E-state index contributed by atoms with van der Waals surface area (Å²) in [6.45, 7) is -3.93. The summed E-state index contributed by atoms with van der Waals surface area (Å²) in [6.07, 6.45) is -24.3. The van der Waals surface area contributed by atoms with E-state index in [4.69, 9.17) is 16.7 Å². The number of nitrogens with zero attached hydrogens (tertiary/aromatic N) is 2. The number of hydrogen-bond donors (Lipinski definition) is 1. The molecule has 272 valence electrons. The molecule has 12 nitrogen and oxygen atoms in total. The maximum atomic E-state index is 12.1. The van der Waals surface area contributed by atoms with Crippen LogP contribution in [0.5, 0.6) is 0 Å². The first-order chi connectivity index (χ1) is 19.8. The quantitative estimate of drug-likeness (QED) is 0.0347. The third-order valence-electron chi connectivity index (χ3n) is 4.18. The molecule has 29 heteroatoms. The fourth-order valence-corrected chi connectivity index (χ4v) is 2.95. The normalized spacial score (nSPS) is 12.6. The van der Waals surface area contributed by atoms with E-state index >= 15 is 0 Å². The van der Waals surface area contributed by atoms with Gasteiger partial charge in [-0.2, -0.15) is 52.7 Å². The van der Waals surface area contributed by atoms with Crippen LogP contribution in [0.1, 0.15) is 38.5 Å². The number of esters is 1. The zero-order valence-corrected chi connectivity index (χ0v) is 30.6. The van der Waals surface area contributed by atoms with Gasteiger partial charge in [-0.1, -0.05) is 0 Å². The molecule has 0 fully saturated rings. The molecule has 0 spiro atoms. The molecule has 0 bridgehead atoms. The zero-order chi connectivity index (χ0) is 36.5. The minimum absolute atomic E-state index is 0. The Hall–Kier alpha value is 0.290. The molecule has 0 amide bonds. The molecule has 0 rings (SSSR count). The number of rotatable bonds is 15.